The molecule has 0 aromatic heterocycles. The quantitative estimate of drug-likeness (QED) is 0.634. The Morgan fingerprint density at radius 3 is 2.47 bits per heavy atom. The van der Waals surface area contributed by atoms with E-state index in [1.807, 2.05) is 84.6 Å². The maximum atomic E-state index is 12.5. The number of rotatable bonds is 6. The van der Waals surface area contributed by atoms with E-state index < -0.39 is 0 Å². The SMILES string of the molecule is Cc1cccc(CNC(=O)c2ccc([C@H]3SCC(=O)N3Cc3ccccc3)cc2)c1. The third-order valence-electron chi connectivity index (χ3n) is 5.16. The van der Waals surface area contributed by atoms with Gasteiger partial charge in [-0.25, -0.2) is 0 Å². The lowest BCUT2D eigenvalue weighted by atomic mass is 10.1. The second-order valence-corrected chi connectivity index (χ2v) is 8.53. The van der Waals surface area contributed by atoms with Gasteiger partial charge in [-0.05, 0) is 35.7 Å². The largest absolute Gasteiger partial charge is 0.348 e. The lowest BCUT2D eigenvalue weighted by molar-refractivity contribution is -0.128. The molecule has 0 saturated carbocycles. The van der Waals surface area contributed by atoms with E-state index >= 15 is 0 Å². The van der Waals surface area contributed by atoms with E-state index in [1.54, 1.807) is 11.8 Å². The van der Waals surface area contributed by atoms with Crippen molar-refractivity contribution >= 4 is 23.6 Å². The summed E-state index contributed by atoms with van der Waals surface area (Å²) in [6, 6.07) is 25.7. The minimum absolute atomic E-state index is 0.0258. The number of nitrogens with zero attached hydrogens (tertiary/aromatic N) is 1. The molecule has 2 amide bonds. The molecule has 0 bridgehead atoms. The zero-order chi connectivity index (χ0) is 20.9. The zero-order valence-corrected chi connectivity index (χ0v) is 17.7. The lowest BCUT2D eigenvalue weighted by Gasteiger charge is -2.24. The molecule has 3 aromatic rings. The van der Waals surface area contributed by atoms with Crippen LogP contribution < -0.4 is 5.32 Å². The van der Waals surface area contributed by atoms with E-state index in [0.29, 0.717) is 24.4 Å². The minimum Gasteiger partial charge on any atom is -0.348 e. The van der Waals surface area contributed by atoms with Crippen LogP contribution in [-0.4, -0.2) is 22.5 Å². The minimum atomic E-state index is -0.0978. The summed E-state index contributed by atoms with van der Waals surface area (Å²) in [5, 5.41) is 2.95. The van der Waals surface area contributed by atoms with Crippen LogP contribution in [-0.2, 0) is 17.9 Å². The first kappa shape index (κ1) is 20.2. The predicted octanol–water partition coefficient (Wildman–Crippen LogP) is 4.70. The van der Waals surface area contributed by atoms with Gasteiger partial charge in [0.15, 0.2) is 0 Å². The summed E-state index contributed by atoms with van der Waals surface area (Å²) >= 11 is 1.63. The van der Waals surface area contributed by atoms with Crippen LogP contribution in [0.3, 0.4) is 0 Å². The zero-order valence-electron chi connectivity index (χ0n) is 16.9. The third-order valence-corrected chi connectivity index (χ3v) is 6.41. The summed E-state index contributed by atoms with van der Waals surface area (Å²) in [5.41, 5.74) is 5.03. The molecule has 0 aliphatic carbocycles. The van der Waals surface area contributed by atoms with E-state index in [1.165, 1.54) is 5.56 Å². The standard InChI is InChI=1S/C25H24N2O2S/c1-18-6-5-9-20(14-18)15-26-24(29)21-10-12-22(13-11-21)25-27(23(28)17-30-25)16-19-7-3-2-4-8-19/h2-14,25H,15-17H2,1H3,(H,26,29)/t25-/m1/s1. The predicted molar refractivity (Wildman–Crippen MR) is 121 cm³/mol. The molecule has 3 aromatic carbocycles. The smallest absolute Gasteiger partial charge is 0.251 e. The number of benzene rings is 3. The van der Waals surface area contributed by atoms with Crippen molar-refractivity contribution in [2.45, 2.75) is 25.4 Å². The fourth-order valence-corrected chi connectivity index (χ4v) is 4.77. The van der Waals surface area contributed by atoms with Crippen LogP contribution in [0.25, 0.3) is 0 Å². The van der Waals surface area contributed by atoms with E-state index in [9.17, 15) is 9.59 Å². The first-order chi connectivity index (χ1) is 14.6. The average Bonchev–Trinajstić information content (AvgIpc) is 3.13. The van der Waals surface area contributed by atoms with Crippen molar-refractivity contribution in [1.82, 2.24) is 10.2 Å². The third kappa shape index (κ3) is 4.74. The van der Waals surface area contributed by atoms with Gasteiger partial charge in [-0.2, -0.15) is 0 Å². The molecule has 4 nitrogen and oxygen atoms in total. The molecular formula is C25H24N2O2S. The van der Waals surface area contributed by atoms with Gasteiger partial charge in [0.1, 0.15) is 5.37 Å². The highest BCUT2D eigenvalue weighted by atomic mass is 32.2. The molecule has 0 unspecified atom stereocenters. The summed E-state index contributed by atoms with van der Waals surface area (Å²) in [5.74, 6) is 0.532. The van der Waals surface area contributed by atoms with Gasteiger partial charge < -0.3 is 10.2 Å². The Morgan fingerprint density at radius 1 is 1.00 bits per heavy atom. The van der Waals surface area contributed by atoms with Crippen LogP contribution in [0.4, 0.5) is 0 Å². The van der Waals surface area contributed by atoms with E-state index in [0.717, 1.165) is 16.7 Å². The van der Waals surface area contributed by atoms with Crippen molar-refractivity contribution in [3.8, 4) is 0 Å². The van der Waals surface area contributed by atoms with Gasteiger partial charge in [0.05, 0.1) is 5.75 Å². The molecule has 5 heteroatoms. The Balaban J connectivity index is 1.42. The molecule has 152 valence electrons. The molecule has 30 heavy (non-hydrogen) atoms. The molecule has 1 fully saturated rings. The number of amides is 2. The monoisotopic (exact) mass is 416 g/mol. The fraction of sp³-hybridized carbons (Fsp3) is 0.200. The second kappa shape index (κ2) is 9.18. The first-order valence-electron chi connectivity index (χ1n) is 9.99. The van der Waals surface area contributed by atoms with Gasteiger partial charge in [0, 0.05) is 18.7 Å². The maximum Gasteiger partial charge on any atom is 0.251 e. The number of thioether (sulfide) groups is 1. The first-order valence-corrected chi connectivity index (χ1v) is 11.0. The summed E-state index contributed by atoms with van der Waals surface area (Å²) < 4.78 is 0. The highest BCUT2D eigenvalue weighted by molar-refractivity contribution is 8.00. The maximum absolute atomic E-state index is 12.5. The molecular weight excluding hydrogens is 392 g/mol. The number of carbonyl (C=O) groups excluding carboxylic acids is 2. The Morgan fingerprint density at radius 2 is 1.73 bits per heavy atom. The molecule has 0 spiro atoms. The summed E-state index contributed by atoms with van der Waals surface area (Å²) in [6.07, 6.45) is 0. The average molecular weight is 417 g/mol. The van der Waals surface area contributed by atoms with Gasteiger partial charge in [0.2, 0.25) is 5.91 Å². The normalized spacial score (nSPS) is 16.0. The van der Waals surface area contributed by atoms with Crippen molar-refractivity contribution in [1.29, 1.82) is 0 Å². The van der Waals surface area contributed by atoms with E-state index in [4.69, 9.17) is 0 Å². The number of nitrogens with one attached hydrogen (secondary N) is 1. The Labute approximate surface area is 181 Å². The van der Waals surface area contributed by atoms with Crippen molar-refractivity contribution < 1.29 is 9.59 Å². The summed E-state index contributed by atoms with van der Waals surface area (Å²) in [6.45, 7) is 3.13. The van der Waals surface area contributed by atoms with Crippen LogP contribution >= 0.6 is 11.8 Å². The Hall–Kier alpha value is -3.05. The fourth-order valence-electron chi connectivity index (χ4n) is 3.59. The van der Waals surface area contributed by atoms with Crippen LogP contribution in [0, 0.1) is 6.92 Å². The van der Waals surface area contributed by atoms with Crippen LogP contribution in [0.2, 0.25) is 0 Å². The Kier molecular flexibility index (Phi) is 6.19. The van der Waals surface area contributed by atoms with E-state index in [-0.39, 0.29) is 17.2 Å². The number of hydrogen-bond acceptors (Lipinski definition) is 3. The molecule has 1 atom stereocenters. The molecule has 1 heterocycles. The molecule has 1 aliphatic heterocycles. The number of aryl methyl sites for hydroxylation is 1. The molecule has 1 saturated heterocycles. The summed E-state index contributed by atoms with van der Waals surface area (Å²) in [7, 11) is 0. The second-order valence-electron chi connectivity index (χ2n) is 7.46. The van der Waals surface area contributed by atoms with Gasteiger partial charge in [-0.15, -0.1) is 11.8 Å². The van der Waals surface area contributed by atoms with Crippen molar-refractivity contribution in [2.24, 2.45) is 0 Å². The van der Waals surface area contributed by atoms with E-state index in [2.05, 4.69) is 11.4 Å². The van der Waals surface area contributed by atoms with Gasteiger partial charge >= 0.3 is 0 Å². The van der Waals surface area contributed by atoms with Gasteiger partial charge in [-0.3, -0.25) is 9.59 Å². The number of carbonyl (C=O) groups is 2. The lowest BCUT2D eigenvalue weighted by Crippen LogP contribution is -2.27. The van der Waals surface area contributed by atoms with Crippen molar-refractivity contribution in [3.63, 3.8) is 0 Å². The Bertz CT molecular complexity index is 1030. The molecule has 4 rings (SSSR count). The highest BCUT2D eigenvalue weighted by Gasteiger charge is 2.32. The molecule has 1 N–H and O–H groups in total. The van der Waals surface area contributed by atoms with Crippen LogP contribution in [0.15, 0.2) is 78.9 Å². The highest BCUT2D eigenvalue weighted by Crippen LogP contribution is 2.39. The van der Waals surface area contributed by atoms with Crippen molar-refractivity contribution in [3.05, 3.63) is 107 Å². The van der Waals surface area contributed by atoms with Crippen molar-refractivity contribution in [2.75, 3.05) is 5.75 Å². The summed E-state index contributed by atoms with van der Waals surface area (Å²) in [4.78, 5) is 26.8. The topological polar surface area (TPSA) is 49.4 Å². The van der Waals surface area contributed by atoms with Gasteiger partial charge in [-0.1, -0.05) is 72.3 Å². The van der Waals surface area contributed by atoms with Crippen LogP contribution in [0.1, 0.15) is 38.0 Å². The number of hydrogen-bond donors (Lipinski definition) is 1. The van der Waals surface area contributed by atoms with Crippen LogP contribution in [0.5, 0.6) is 0 Å². The van der Waals surface area contributed by atoms with Gasteiger partial charge in [0.25, 0.3) is 5.91 Å². The molecule has 1 aliphatic rings. The molecule has 0 radical (unpaired) electrons.